The molecule has 1 amide bonds. The predicted octanol–water partition coefficient (Wildman–Crippen LogP) is 3.41. The fourth-order valence-corrected chi connectivity index (χ4v) is 2.85. The highest BCUT2D eigenvalue weighted by atomic mass is 35.5. The van der Waals surface area contributed by atoms with Crippen LogP contribution in [0.3, 0.4) is 0 Å². The number of aromatic nitrogens is 3. The summed E-state index contributed by atoms with van der Waals surface area (Å²) >= 11 is 5.93. The molecule has 0 radical (unpaired) electrons. The van der Waals surface area contributed by atoms with Gasteiger partial charge in [0.15, 0.2) is 0 Å². The summed E-state index contributed by atoms with van der Waals surface area (Å²) in [4.78, 5) is 14.0. The molecule has 1 aromatic carbocycles. The highest BCUT2D eigenvalue weighted by Gasteiger charge is 2.15. The van der Waals surface area contributed by atoms with Crippen LogP contribution >= 0.6 is 11.6 Å². The molecule has 0 unspecified atom stereocenters. The Morgan fingerprint density at radius 1 is 1.32 bits per heavy atom. The Labute approximate surface area is 151 Å². The minimum absolute atomic E-state index is 0.0316. The van der Waals surface area contributed by atoms with Crippen molar-refractivity contribution in [2.75, 3.05) is 7.05 Å². The quantitative estimate of drug-likeness (QED) is 0.677. The van der Waals surface area contributed by atoms with Gasteiger partial charge in [-0.1, -0.05) is 23.4 Å². The van der Waals surface area contributed by atoms with Crippen LogP contribution < -0.4 is 0 Å². The summed E-state index contributed by atoms with van der Waals surface area (Å²) in [5.41, 5.74) is 3.48. The van der Waals surface area contributed by atoms with Gasteiger partial charge in [-0.2, -0.15) is 5.10 Å². The van der Waals surface area contributed by atoms with Crippen molar-refractivity contribution in [3.63, 3.8) is 0 Å². The highest BCUT2D eigenvalue weighted by Crippen LogP contribution is 2.21. The number of aryl methyl sites for hydroxylation is 1. The molecule has 0 N–H and O–H groups in total. The lowest BCUT2D eigenvalue weighted by Crippen LogP contribution is -2.26. The standard InChI is InChI=1S/C18H19ClN4O2/c1-13-16(18(19)25-21-13)8-9-17(24)22(2)11-14-10-20-23(12-14)15-6-4-3-5-7-15/h3-7,10,12H,8-9,11H2,1-2H3. The molecule has 3 rings (SSSR count). The van der Waals surface area contributed by atoms with Gasteiger partial charge >= 0.3 is 0 Å². The van der Waals surface area contributed by atoms with Crippen LogP contribution in [0.15, 0.2) is 47.2 Å². The fraction of sp³-hybridized carbons (Fsp3) is 0.278. The number of rotatable bonds is 6. The van der Waals surface area contributed by atoms with E-state index in [-0.39, 0.29) is 11.1 Å². The van der Waals surface area contributed by atoms with Crippen LogP contribution in [0.4, 0.5) is 0 Å². The molecule has 2 heterocycles. The van der Waals surface area contributed by atoms with E-state index in [2.05, 4.69) is 10.3 Å². The van der Waals surface area contributed by atoms with E-state index in [9.17, 15) is 4.79 Å². The predicted molar refractivity (Wildman–Crippen MR) is 94.6 cm³/mol. The van der Waals surface area contributed by atoms with Crippen LogP contribution in [0, 0.1) is 6.92 Å². The zero-order chi connectivity index (χ0) is 17.8. The minimum Gasteiger partial charge on any atom is -0.344 e. The Hall–Kier alpha value is -2.60. The van der Waals surface area contributed by atoms with Crippen molar-refractivity contribution >= 4 is 17.5 Å². The van der Waals surface area contributed by atoms with Crippen molar-refractivity contribution in [3.8, 4) is 5.69 Å². The molecule has 0 atom stereocenters. The van der Waals surface area contributed by atoms with Gasteiger partial charge in [0, 0.05) is 37.3 Å². The SMILES string of the molecule is Cc1noc(Cl)c1CCC(=O)N(C)Cc1cnn(-c2ccccc2)c1. The number of carbonyl (C=O) groups is 1. The van der Waals surface area contributed by atoms with E-state index in [1.54, 1.807) is 22.8 Å². The molecule has 130 valence electrons. The minimum atomic E-state index is 0.0316. The maximum Gasteiger partial charge on any atom is 0.229 e. The first-order valence-electron chi connectivity index (χ1n) is 7.98. The van der Waals surface area contributed by atoms with Crippen molar-refractivity contribution in [1.82, 2.24) is 19.8 Å². The zero-order valence-electron chi connectivity index (χ0n) is 14.1. The number of hydrogen-bond donors (Lipinski definition) is 0. The van der Waals surface area contributed by atoms with Crippen molar-refractivity contribution < 1.29 is 9.32 Å². The number of para-hydroxylation sites is 1. The first kappa shape index (κ1) is 17.2. The molecule has 0 aliphatic heterocycles. The van der Waals surface area contributed by atoms with Gasteiger partial charge in [0.2, 0.25) is 11.1 Å². The molecular weight excluding hydrogens is 340 g/mol. The third-order valence-corrected chi connectivity index (χ3v) is 4.33. The molecule has 0 saturated carbocycles. The second-order valence-electron chi connectivity index (χ2n) is 5.90. The number of nitrogens with zero attached hydrogens (tertiary/aromatic N) is 4. The lowest BCUT2D eigenvalue weighted by Gasteiger charge is -2.16. The van der Waals surface area contributed by atoms with Crippen molar-refractivity contribution in [3.05, 3.63) is 64.8 Å². The molecule has 0 aliphatic rings. The van der Waals surface area contributed by atoms with E-state index in [4.69, 9.17) is 16.1 Å². The van der Waals surface area contributed by atoms with E-state index in [0.717, 1.165) is 22.5 Å². The molecule has 6 nitrogen and oxygen atoms in total. The van der Waals surface area contributed by atoms with E-state index in [1.165, 1.54) is 0 Å². The lowest BCUT2D eigenvalue weighted by atomic mass is 10.1. The fourth-order valence-electron chi connectivity index (χ4n) is 2.59. The Balaban J connectivity index is 1.58. The molecule has 7 heteroatoms. The first-order valence-corrected chi connectivity index (χ1v) is 8.36. The van der Waals surface area contributed by atoms with Crippen molar-refractivity contribution in [1.29, 1.82) is 0 Å². The number of amides is 1. The number of halogens is 1. The van der Waals surface area contributed by atoms with E-state index >= 15 is 0 Å². The number of carbonyl (C=O) groups excluding carboxylic acids is 1. The summed E-state index contributed by atoms with van der Waals surface area (Å²) in [6, 6.07) is 9.85. The Kier molecular flexibility index (Phi) is 5.19. The Bertz CT molecular complexity index is 838. The topological polar surface area (TPSA) is 64.2 Å². The molecule has 2 aromatic heterocycles. The molecule has 3 aromatic rings. The molecule has 0 bridgehead atoms. The summed E-state index contributed by atoms with van der Waals surface area (Å²) in [5, 5.41) is 8.41. The van der Waals surface area contributed by atoms with E-state index < -0.39 is 0 Å². The van der Waals surface area contributed by atoms with Crippen molar-refractivity contribution in [2.24, 2.45) is 0 Å². The van der Waals surface area contributed by atoms with Gasteiger partial charge in [0.05, 0.1) is 17.6 Å². The third kappa shape index (κ3) is 4.09. The Morgan fingerprint density at radius 2 is 2.08 bits per heavy atom. The van der Waals surface area contributed by atoms with Crippen LogP contribution in [0.5, 0.6) is 0 Å². The summed E-state index contributed by atoms with van der Waals surface area (Å²) in [6.45, 7) is 2.32. The molecule has 0 saturated heterocycles. The Morgan fingerprint density at radius 3 is 2.76 bits per heavy atom. The van der Waals surface area contributed by atoms with Gasteiger partial charge in [-0.05, 0) is 37.1 Å². The highest BCUT2D eigenvalue weighted by molar-refractivity contribution is 6.29. The maximum atomic E-state index is 12.3. The second-order valence-corrected chi connectivity index (χ2v) is 6.24. The average molecular weight is 359 g/mol. The van der Waals surface area contributed by atoms with E-state index in [1.807, 2.05) is 43.5 Å². The number of hydrogen-bond acceptors (Lipinski definition) is 4. The van der Waals surface area contributed by atoms with E-state index in [0.29, 0.717) is 19.4 Å². The van der Waals surface area contributed by atoms with Crippen LogP contribution in [-0.4, -0.2) is 32.8 Å². The normalized spacial score (nSPS) is 10.8. The smallest absolute Gasteiger partial charge is 0.229 e. The van der Waals surface area contributed by atoms with Gasteiger partial charge in [-0.15, -0.1) is 0 Å². The van der Waals surface area contributed by atoms with Gasteiger partial charge in [0.25, 0.3) is 0 Å². The molecule has 0 aliphatic carbocycles. The largest absolute Gasteiger partial charge is 0.344 e. The zero-order valence-corrected chi connectivity index (χ0v) is 14.9. The third-order valence-electron chi connectivity index (χ3n) is 4.03. The second kappa shape index (κ2) is 7.53. The van der Waals surface area contributed by atoms with Gasteiger partial charge in [-0.3, -0.25) is 4.79 Å². The first-order chi connectivity index (χ1) is 12.0. The van der Waals surface area contributed by atoms with Gasteiger partial charge in [-0.25, -0.2) is 4.68 Å². The summed E-state index contributed by atoms with van der Waals surface area (Å²) in [5.74, 6) is 0.0316. The van der Waals surface area contributed by atoms with Crippen LogP contribution in [0.25, 0.3) is 5.69 Å². The molecule has 0 fully saturated rings. The van der Waals surface area contributed by atoms with Crippen LogP contribution in [-0.2, 0) is 17.8 Å². The van der Waals surface area contributed by atoms with Gasteiger partial charge < -0.3 is 9.42 Å². The maximum absolute atomic E-state index is 12.3. The molecular formula is C18H19ClN4O2. The summed E-state index contributed by atoms with van der Waals surface area (Å²) < 4.78 is 6.71. The lowest BCUT2D eigenvalue weighted by molar-refractivity contribution is -0.130. The molecule has 25 heavy (non-hydrogen) atoms. The monoisotopic (exact) mass is 358 g/mol. The van der Waals surface area contributed by atoms with Crippen molar-refractivity contribution in [2.45, 2.75) is 26.3 Å². The van der Waals surface area contributed by atoms with Crippen LogP contribution in [0.2, 0.25) is 5.22 Å². The molecule has 0 spiro atoms. The number of benzene rings is 1. The average Bonchev–Trinajstić information content (AvgIpc) is 3.21. The van der Waals surface area contributed by atoms with Crippen LogP contribution in [0.1, 0.15) is 23.2 Å². The summed E-state index contributed by atoms with van der Waals surface area (Å²) in [6.07, 6.45) is 4.57. The summed E-state index contributed by atoms with van der Waals surface area (Å²) in [7, 11) is 1.78. The van der Waals surface area contributed by atoms with Gasteiger partial charge in [0.1, 0.15) is 0 Å².